The highest BCUT2D eigenvalue weighted by atomic mass is 19.1. The van der Waals surface area contributed by atoms with Gasteiger partial charge in [0.25, 0.3) is 5.91 Å². The van der Waals surface area contributed by atoms with Crippen molar-refractivity contribution in [1.29, 1.82) is 0 Å². The van der Waals surface area contributed by atoms with Crippen LogP contribution in [0.1, 0.15) is 54.4 Å². The van der Waals surface area contributed by atoms with Gasteiger partial charge in [0.2, 0.25) is 0 Å². The Hall–Kier alpha value is -1.86. The third-order valence-corrected chi connectivity index (χ3v) is 3.74. The fourth-order valence-corrected chi connectivity index (χ4v) is 2.65. The summed E-state index contributed by atoms with van der Waals surface area (Å²) in [5.41, 5.74) is 6.16. The lowest BCUT2D eigenvalue weighted by atomic mass is 10.0. The highest BCUT2D eigenvalue weighted by Crippen LogP contribution is 2.18. The molecule has 1 fully saturated rings. The van der Waals surface area contributed by atoms with Crippen LogP contribution in [0, 0.1) is 17.7 Å². The Morgan fingerprint density at radius 2 is 2.00 bits per heavy atom. The van der Waals surface area contributed by atoms with Crippen LogP contribution in [0.25, 0.3) is 0 Å². The van der Waals surface area contributed by atoms with Gasteiger partial charge in [0.15, 0.2) is 0 Å². The number of hydrogen-bond donors (Lipinski definition) is 2. The molecule has 0 atom stereocenters. The standard InChI is InChI=1S/C17H21FN2O/c18-14-10-9-13(6-5-11-19)16(12-14)17(21)20-15-7-3-1-2-4-8-15/h9-10,12,15H,1-4,7-8,11,19H2,(H,20,21). The van der Waals surface area contributed by atoms with E-state index in [2.05, 4.69) is 17.2 Å². The van der Waals surface area contributed by atoms with Crippen LogP contribution < -0.4 is 11.1 Å². The van der Waals surface area contributed by atoms with Crippen molar-refractivity contribution < 1.29 is 9.18 Å². The summed E-state index contributed by atoms with van der Waals surface area (Å²) in [6, 6.07) is 4.26. The molecule has 3 N–H and O–H groups in total. The van der Waals surface area contributed by atoms with E-state index in [4.69, 9.17) is 5.73 Å². The maximum atomic E-state index is 13.4. The Bertz CT molecular complexity index is 552. The van der Waals surface area contributed by atoms with Crippen molar-refractivity contribution in [2.45, 2.75) is 44.6 Å². The molecule has 0 heterocycles. The smallest absolute Gasteiger partial charge is 0.252 e. The molecule has 1 aliphatic rings. The van der Waals surface area contributed by atoms with Gasteiger partial charge in [-0.25, -0.2) is 4.39 Å². The largest absolute Gasteiger partial charge is 0.349 e. The molecule has 1 aliphatic carbocycles. The van der Waals surface area contributed by atoms with Crippen molar-refractivity contribution >= 4 is 5.91 Å². The Labute approximate surface area is 125 Å². The van der Waals surface area contributed by atoms with Gasteiger partial charge < -0.3 is 11.1 Å². The van der Waals surface area contributed by atoms with Crippen molar-refractivity contribution in [3.8, 4) is 11.8 Å². The van der Waals surface area contributed by atoms with Crippen LogP contribution >= 0.6 is 0 Å². The number of nitrogens with one attached hydrogen (secondary N) is 1. The second-order valence-electron chi connectivity index (χ2n) is 5.36. The van der Waals surface area contributed by atoms with E-state index in [1.54, 1.807) is 0 Å². The zero-order valence-electron chi connectivity index (χ0n) is 12.1. The van der Waals surface area contributed by atoms with Crippen LogP contribution in [0.15, 0.2) is 18.2 Å². The number of halogens is 1. The summed E-state index contributed by atoms with van der Waals surface area (Å²) >= 11 is 0. The van der Waals surface area contributed by atoms with Crippen LogP contribution in [0.2, 0.25) is 0 Å². The van der Waals surface area contributed by atoms with Gasteiger partial charge in [-0.1, -0.05) is 37.5 Å². The summed E-state index contributed by atoms with van der Waals surface area (Å²) < 4.78 is 13.4. The number of carbonyl (C=O) groups is 1. The first-order chi connectivity index (χ1) is 10.2. The lowest BCUT2D eigenvalue weighted by molar-refractivity contribution is 0.0932. The molecule has 3 nitrogen and oxygen atoms in total. The first-order valence-corrected chi connectivity index (χ1v) is 7.50. The van der Waals surface area contributed by atoms with E-state index in [1.807, 2.05) is 0 Å². The minimum Gasteiger partial charge on any atom is -0.349 e. The average molecular weight is 288 g/mol. The molecule has 2 rings (SSSR count). The van der Waals surface area contributed by atoms with Crippen molar-refractivity contribution in [2.24, 2.45) is 5.73 Å². The van der Waals surface area contributed by atoms with E-state index in [0.717, 1.165) is 25.7 Å². The highest BCUT2D eigenvalue weighted by molar-refractivity contribution is 5.97. The zero-order valence-corrected chi connectivity index (χ0v) is 12.1. The van der Waals surface area contributed by atoms with Gasteiger partial charge >= 0.3 is 0 Å². The fourth-order valence-electron chi connectivity index (χ4n) is 2.65. The molecule has 1 amide bonds. The maximum Gasteiger partial charge on any atom is 0.252 e. The average Bonchev–Trinajstić information content (AvgIpc) is 2.74. The van der Waals surface area contributed by atoms with Gasteiger partial charge in [0.05, 0.1) is 12.1 Å². The lowest BCUT2D eigenvalue weighted by Crippen LogP contribution is -2.34. The van der Waals surface area contributed by atoms with Crippen LogP contribution in [-0.2, 0) is 0 Å². The van der Waals surface area contributed by atoms with Gasteiger partial charge in [-0.15, -0.1) is 0 Å². The monoisotopic (exact) mass is 288 g/mol. The highest BCUT2D eigenvalue weighted by Gasteiger charge is 2.18. The Morgan fingerprint density at radius 3 is 2.67 bits per heavy atom. The molecule has 1 saturated carbocycles. The molecule has 0 unspecified atom stereocenters. The molecule has 0 aromatic heterocycles. The van der Waals surface area contributed by atoms with Gasteiger partial charge in [-0.3, -0.25) is 4.79 Å². The second kappa shape index (κ2) is 7.80. The van der Waals surface area contributed by atoms with Gasteiger partial charge in [-0.2, -0.15) is 0 Å². The van der Waals surface area contributed by atoms with Crippen molar-refractivity contribution in [3.05, 3.63) is 35.1 Å². The summed E-state index contributed by atoms with van der Waals surface area (Å²) in [5, 5.41) is 3.01. The maximum absolute atomic E-state index is 13.4. The molecule has 0 saturated heterocycles. The number of amides is 1. The summed E-state index contributed by atoms with van der Waals surface area (Å²) in [4.78, 5) is 12.4. The molecule has 112 valence electrons. The first kappa shape index (κ1) is 15.5. The lowest BCUT2D eigenvalue weighted by Gasteiger charge is -2.16. The second-order valence-corrected chi connectivity index (χ2v) is 5.36. The van der Waals surface area contributed by atoms with E-state index in [9.17, 15) is 9.18 Å². The number of nitrogens with two attached hydrogens (primary N) is 1. The third-order valence-electron chi connectivity index (χ3n) is 3.74. The molecule has 0 aliphatic heterocycles. The molecule has 0 spiro atoms. The summed E-state index contributed by atoms with van der Waals surface area (Å²) in [6.45, 7) is 0.209. The normalized spacial score (nSPS) is 15.7. The van der Waals surface area contributed by atoms with Crippen molar-refractivity contribution in [2.75, 3.05) is 6.54 Å². The molecular weight excluding hydrogens is 267 g/mol. The van der Waals surface area contributed by atoms with E-state index in [-0.39, 0.29) is 18.5 Å². The molecule has 0 bridgehead atoms. The van der Waals surface area contributed by atoms with Crippen molar-refractivity contribution in [3.63, 3.8) is 0 Å². The van der Waals surface area contributed by atoms with E-state index < -0.39 is 5.82 Å². The van der Waals surface area contributed by atoms with E-state index in [0.29, 0.717) is 11.1 Å². The summed E-state index contributed by atoms with van der Waals surface area (Å²) in [6.07, 6.45) is 6.69. The molecule has 0 radical (unpaired) electrons. The molecular formula is C17H21FN2O. The minimum atomic E-state index is -0.431. The van der Waals surface area contributed by atoms with E-state index >= 15 is 0 Å². The number of benzene rings is 1. The number of hydrogen-bond acceptors (Lipinski definition) is 2. The molecule has 4 heteroatoms. The number of carbonyl (C=O) groups excluding carboxylic acids is 1. The Kier molecular flexibility index (Phi) is 5.77. The van der Waals surface area contributed by atoms with Gasteiger partial charge in [-0.05, 0) is 31.0 Å². The molecule has 1 aromatic carbocycles. The van der Waals surface area contributed by atoms with Crippen LogP contribution in [0.4, 0.5) is 4.39 Å². The van der Waals surface area contributed by atoms with Crippen LogP contribution in [0.3, 0.4) is 0 Å². The minimum absolute atomic E-state index is 0.179. The Morgan fingerprint density at radius 1 is 1.29 bits per heavy atom. The van der Waals surface area contributed by atoms with Crippen LogP contribution in [-0.4, -0.2) is 18.5 Å². The topological polar surface area (TPSA) is 55.1 Å². The first-order valence-electron chi connectivity index (χ1n) is 7.50. The zero-order chi connectivity index (χ0) is 15.1. The quantitative estimate of drug-likeness (QED) is 0.649. The Balaban J connectivity index is 2.15. The van der Waals surface area contributed by atoms with E-state index in [1.165, 1.54) is 31.0 Å². The number of rotatable bonds is 2. The molecule has 21 heavy (non-hydrogen) atoms. The fraction of sp³-hybridized carbons (Fsp3) is 0.471. The van der Waals surface area contributed by atoms with Crippen LogP contribution in [0.5, 0.6) is 0 Å². The van der Waals surface area contributed by atoms with Gasteiger partial charge in [0, 0.05) is 11.6 Å². The predicted octanol–water partition coefficient (Wildman–Crippen LogP) is 2.59. The molecule has 1 aromatic rings. The summed E-state index contributed by atoms with van der Waals surface area (Å²) in [7, 11) is 0. The van der Waals surface area contributed by atoms with Gasteiger partial charge in [0.1, 0.15) is 5.82 Å². The third kappa shape index (κ3) is 4.57. The predicted molar refractivity (Wildman–Crippen MR) is 81.3 cm³/mol. The summed E-state index contributed by atoms with van der Waals surface area (Å²) in [5.74, 6) is 4.86. The van der Waals surface area contributed by atoms with Crippen molar-refractivity contribution in [1.82, 2.24) is 5.32 Å². The SMILES string of the molecule is NCC#Cc1ccc(F)cc1C(=O)NC1CCCCCC1.